The van der Waals surface area contributed by atoms with Crippen LogP contribution < -0.4 is 10.6 Å². The maximum atomic E-state index is 11.8. The molecule has 110 valence electrons. The molecule has 0 bridgehead atoms. The summed E-state index contributed by atoms with van der Waals surface area (Å²) in [4.78, 5) is 23.1. The number of urea groups is 1. The van der Waals surface area contributed by atoms with Crippen molar-refractivity contribution in [3.8, 4) is 0 Å². The lowest BCUT2D eigenvalue weighted by atomic mass is 9.85. The lowest BCUT2D eigenvalue weighted by Gasteiger charge is -2.27. The molecule has 0 spiro atoms. The Labute approximate surface area is 117 Å². The van der Waals surface area contributed by atoms with E-state index in [1.807, 2.05) is 12.3 Å². The molecule has 1 aromatic heterocycles. The van der Waals surface area contributed by atoms with Gasteiger partial charge in [-0.15, -0.1) is 0 Å². The first-order chi connectivity index (χ1) is 9.52. The van der Waals surface area contributed by atoms with E-state index in [0.717, 1.165) is 6.42 Å². The fourth-order valence-corrected chi connectivity index (χ4v) is 2.58. The molecule has 0 saturated heterocycles. The summed E-state index contributed by atoms with van der Waals surface area (Å²) in [6, 6.07) is 1.18. The molecule has 3 N–H and O–H groups in total. The van der Waals surface area contributed by atoms with E-state index in [9.17, 15) is 14.7 Å². The molecule has 0 aromatic carbocycles. The number of hydrogen-bond donors (Lipinski definition) is 3. The van der Waals surface area contributed by atoms with E-state index in [0.29, 0.717) is 25.9 Å². The third-order valence-corrected chi connectivity index (χ3v) is 3.94. The number of carboxylic acids is 1. The highest BCUT2D eigenvalue weighted by Crippen LogP contribution is 2.38. The highest BCUT2D eigenvalue weighted by atomic mass is 16.4. The summed E-state index contributed by atoms with van der Waals surface area (Å²) in [5.41, 5.74) is -0.862. The molecule has 0 aliphatic heterocycles. The van der Waals surface area contributed by atoms with Crippen molar-refractivity contribution in [1.29, 1.82) is 0 Å². The fraction of sp³-hybridized carbons (Fsp3) is 0.615. The summed E-state index contributed by atoms with van der Waals surface area (Å²) in [6.07, 6.45) is 5.62. The second kappa shape index (κ2) is 5.94. The van der Waals surface area contributed by atoms with E-state index in [2.05, 4.69) is 15.7 Å². The average Bonchev–Trinajstić information content (AvgIpc) is 3.01. The average molecular weight is 280 g/mol. The second-order valence-electron chi connectivity index (χ2n) is 5.34. The van der Waals surface area contributed by atoms with Gasteiger partial charge in [0.1, 0.15) is 0 Å². The first-order valence-electron chi connectivity index (χ1n) is 6.77. The number of hydrogen-bond acceptors (Lipinski definition) is 3. The molecule has 2 amide bonds. The second-order valence-corrected chi connectivity index (χ2v) is 5.34. The van der Waals surface area contributed by atoms with Gasteiger partial charge in [0, 0.05) is 25.0 Å². The van der Waals surface area contributed by atoms with Crippen LogP contribution in [0.4, 0.5) is 4.79 Å². The Bertz CT molecular complexity index is 474. The van der Waals surface area contributed by atoms with E-state index in [1.54, 1.807) is 17.8 Å². The molecule has 0 radical (unpaired) electrons. The topological polar surface area (TPSA) is 96.3 Å². The number of carboxylic acid groups (broad SMARTS) is 1. The minimum absolute atomic E-state index is 0.315. The smallest absolute Gasteiger partial charge is 0.315 e. The molecule has 1 aromatic rings. The van der Waals surface area contributed by atoms with Crippen molar-refractivity contribution >= 4 is 12.0 Å². The summed E-state index contributed by atoms with van der Waals surface area (Å²) >= 11 is 0. The summed E-state index contributed by atoms with van der Waals surface area (Å²) in [5, 5.41) is 18.8. The molecule has 1 heterocycles. The first kappa shape index (κ1) is 14.4. The standard InChI is InChI=1S/C13H20N4O3/c1-13(11(18)19)5-2-4-10(13)16-12(20)14-7-9-17-8-3-6-15-17/h3,6,8,10H,2,4-5,7,9H2,1H3,(H,18,19)(H2,14,16,20). The normalized spacial score (nSPS) is 25.4. The largest absolute Gasteiger partial charge is 0.481 e. The third kappa shape index (κ3) is 3.09. The molecular formula is C13H20N4O3. The number of rotatable bonds is 5. The third-order valence-electron chi connectivity index (χ3n) is 3.94. The van der Waals surface area contributed by atoms with Crippen molar-refractivity contribution in [2.24, 2.45) is 5.41 Å². The lowest BCUT2D eigenvalue weighted by molar-refractivity contribution is -0.148. The Morgan fingerprint density at radius 1 is 1.55 bits per heavy atom. The van der Waals surface area contributed by atoms with E-state index >= 15 is 0 Å². The molecule has 1 fully saturated rings. The summed E-state index contributed by atoms with van der Waals surface area (Å²) in [7, 11) is 0. The van der Waals surface area contributed by atoms with Crippen LogP contribution in [0, 0.1) is 5.41 Å². The lowest BCUT2D eigenvalue weighted by Crippen LogP contribution is -2.50. The maximum Gasteiger partial charge on any atom is 0.315 e. The van der Waals surface area contributed by atoms with Gasteiger partial charge in [0.05, 0.1) is 12.0 Å². The summed E-state index contributed by atoms with van der Waals surface area (Å²) < 4.78 is 1.72. The van der Waals surface area contributed by atoms with Gasteiger partial charge in [0.2, 0.25) is 0 Å². The van der Waals surface area contributed by atoms with E-state index < -0.39 is 11.4 Å². The predicted octanol–water partition coefficient (Wildman–Crippen LogP) is 0.826. The van der Waals surface area contributed by atoms with E-state index in [4.69, 9.17) is 0 Å². The Morgan fingerprint density at radius 2 is 2.35 bits per heavy atom. The SMILES string of the molecule is CC1(C(=O)O)CCCC1NC(=O)NCCn1cccn1. The number of nitrogens with one attached hydrogen (secondary N) is 2. The molecule has 20 heavy (non-hydrogen) atoms. The maximum absolute atomic E-state index is 11.8. The van der Waals surface area contributed by atoms with Crippen LogP contribution in [0.15, 0.2) is 18.5 Å². The van der Waals surface area contributed by atoms with Gasteiger partial charge < -0.3 is 15.7 Å². The summed E-state index contributed by atoms with van der Waals surface area (Å²) in [5.74, 6) is -0.850. The minimum Gasteiger partial charge on any atom is -0.481 e. The molecule has 2 atom stereocenters. The number of carbonyl (C=O) groups excluding carboxylic acids is 1. The van der Waals surface area contributed by atoms with Crippen LogP contribution in [-0.2, 0) is 11.3 Å². The number of nitrogens with zero attached hydrogens (tertiary/aromatic N) is 2. The monoisotopic (exact) mass is 280 g/mol. The number of aromatic nitrogens is 2. The Morgan fingerprint density at radius 3 is 3.00 bits per heavy atom. The fourth-order valence-electron chi connectivity index (χ4n) is 2.58. The quantitative estimate of drug-likeness (QED) is 0.744. The highest BCUT2D eigenvalue weighted by Gasteiger charge is 2.45. The van der Waals surface area contributed by atoms with Crippen molar-refractivity contribution in [3.05, 3.63) is 18.5 Å². The molecule has 1 aliphatic carbocycles. The first-order valence-corrected chi connectivity index (χ1v) is 6.77. The predicted molar refractivity (Wildman–Crippen MR) is 72.1 cm³/mol. The van der Waals surface area contributed by atoms with Gasteiger partial charge in [0.15, 0.2) is 0 Å². The molecule has 2 rings (SSSR count). The Balaban J connectivity index is 1.78. The van der Waals surface area contributed by atoms with E-state index in [-0.39, 0.29) is 12.1 Å². The van der Waals surface area contributed by atoms with Gasteiger partial charge >= 0.3 is 12.0 Å². The van der Waals surface area contributed by atoms with Crippen LogP contribution in [0.25, 0.3) is 0 Å². The molecule has 7 heteroatoms. The number of aliphatic carboxylic acids is 1. The molecule has 1 aliphatic rings. The van der Waals surface area contributed by atoms with Crippen LogP contribution in [0.2, 0.25) is 0 Å². The van der Waals surface area contributed by atoms with Crippen LogP contribution in [0.3, 0.4) is 0 Å². The van der Waals surface area contributed by atoms with Crippen LogP contribution >= 0.6 is 0 Å². The molecule has 1 saturated carbocycles. The Kier molecular flexibility index (Phi) is 4.26. The van der Waals surface area contributed by atoms with E-state index in [1.165, 1.54) is 0 Å². The number of amides is 2. The molecule has 7 nitrogen and oxygen atoms in total. The van der Waals surface area contributed by atoms with Crippen LogP contribution in [-0.4, -0.2) is 39.5 Å². The van der Waals surface area contributed by atoms with Crippen molar-refractivity contribution in [3.63, 3.8) is 0 Å². The van der Waals surface area contributed by atoms with Crippen molar-refractivity contribution < 1.29 is 14.7 Å². The highest BCUT2D eigenvalue weighted by molar-refractivity contribution is 5.79. The zero-order chi connectivity index (χ0) is 14.6. The van der Waals surface area contributed by atoms with Gasteiger partial charge in [-0.1, -0.05) is 6.42 Å². The van der Waals surface area contributed by atoms with Gasteiger partial charge in [-0.25, -0.2) is 4.79 Å². The number of carbonyl (C=O) groups is 2. The van der Waals surface area contributed by atoms with Gasteiger partial charge in [-0.05, 0) is 25.8 Å². The molecular weight excluding hydrogens is 260 g/mol. The van der Waals surface area contributed by atoms with Crippen LogP contribution in [0.5, 0.6) is 0 Å². The summed E-state index contributed by atoms with van der Waals surface area (Å²) in [6.45, 7) is 2.72. The zero-order valence-corrected chi connectivity index (χ0v) is 11.5. The van der Waals surface area contributed by atoms with Crippen molar-refractivity contribution in [1.82, 2.24) is 20.4 Å². The van der Waals surface area contributed by atoms with Crippen molar-refractivity contribution in [2.75, 3.05) is 6.54 Å². The van der Waals surface area contributed by atoms with Crippen molar-refractivity contribution in [2.45, 2.75) is 38.8 Å². The van der Waals surface area contributed by atoms with Gasteiger partial charge in [-0.3, -0.25) is 9.48 Å². The van der Waals surface area contributed by atoms with Gasteiger partial charge in [0.25, 0.3) is 0 Å². The Hall–Kier alpha value is -2.05. The minimum atomic E-state index is -0.862. The zero-order valence-electron chi connectivity index (χ0n) is 11.5. The van der Waals surface area contributed by atoms with Gasteiger partial charge in [-0.2, -0.15) is 5.10 Å². The van der Waals surface area contributed by atoms with Crippen LogP contribution in [0.1, 0.15) is 26.2 Å². The molecule has 2 unspecified atom stereocenters.